The predicted molar refractivity (Wildman–Crippen MR) is 134 cm³/mol. The normalized spacial score (nSPS) is 16.2. The number of halogens is 1. The number of hydrogen-bond acceptors (Lipinski definition) is 5. The molecule has 0 aliphatic carbocycles. The predicted octanol–water partition coefficient (Wildman–Crippen LogP) is 5.75. The Morgan fingerprint density at radius 1 is 1.00 bits per heavy atom. The molecule has 3 aromatic rings. The van der Waals surface area contributed by atoms with Gasteiger partial charge in [-0.25, -0.2) is 0 Å². The monoisotopic (exact) mass is 482 g/mol. The van der Waals surface area contributed by atoms with E-state index in [4.69, 9.17) is 21.1 Å². The van der Waals surface area contributed by atoms with Crippen molar-refractivity contribution in [3.63, 3.8) is 0 Å². The minimum atomic E-state index is 0.0335. The first kappa shape index (κ1) is 22.3. The van der Waals surface area contributed by atoms with Gasteiger partial charge in [0.1, 0.15) is 6.61 Å². The molecular formula is C26H27ClN2O3S. The molecule has 0 atom stereocenters. The minimum absolute atomic E-state index is 0.0335. The van der Waals surface area contributed by atoms with E-state index >= 15 is 0 Å². The van der Waals surface area contributed by atoms with Crippen LogP contribution in [0.1, 0.15) is 28.1 Å². The summed E-state index contributed by atoms with van der Waals surface area (Å²) >= 11 is 7.57. The average Bonchev–Trinajstić information content (AvgIpc) is 3.51. The zero-order chi connectivity index (χ0) is 22.8. The van der Waals surface area contributed by atoms with Gasteiger partial charge in [-0.3, -0.25) is 9.69 Å². The molecule has 2 aromatic carbocycles. The van der Waals surface area contributed by atoms with E-state index in [2.05, 4.69) is 11.0 Å². The molecule has 7 heteroatoms. The number of methoxy groups -OCH3 is 1. The topological polar surface area (TPSA) is 42.0 Å². The van der Waals surface area contributed by atoms with E-state index in [1.807, 2.05) is 47.4 Å². The first-order valence-electron chi connectivity index (χ1n) is 11.4. The molecule has 5 rings (SSSR count). The summed E-state index contributed by atoms with van der Waals surface area (Å²) in [4.78, 5) is 19.5. The molecule has 1 amide bonds. The van der Waals surface area contributed by atoms with Crippen LogP contribution in [0.2, 0.25) is 5.02 Å². The summed E-state index contributed by atoms with van der Waals surface area (Å²) in [5.74, 6) is 1.40. The van der Waals surface area contributed by atoms with Gasteiger partial charge in [-0.05, 0) is 73.8 Å². The van der Waals surface area contributed by atoms with Crippen LogP contribution in [0.5, 0.6) is 11.5 Å². The van der Waals surface area contributed by atoms with Gasteiger partial charge in [0.2, 0.25) is 0 Å². The first-order chi connectivity index (χ1) is 16.1. The highest BCUT2D eigenvalue weighted by molar-refractivity contribution is 7.17. The van der Waals surface area contributed by atoms with Crippen molar-refractivity contribution in [2.24, 2.45) is 0 Å². The van der Waals surface area contributed by atoms with Crippen molar-refractivity contribution in [1.82, 2.24) is 4.90 Å². The summed E-state index contributed by atoms with van der Waals surface area (Å²) < 4.78 is 11.6. The molecule has 2 aliphatic rings. The minimum Gasteiger partial charge on any atom is -0.493 e. The number of thiophene rings is 1. The number of anilines is 1. The van der Waals surface area contributed by atoms with Crippen LogP contribution >= 0.6 is 22.9 Å². The van der Waals surface area contributed by atoms with Crippen LogP contribution in [-0.2, 0) is 6.42 Å². The molecule has 0 radical (unpaired) electrons. The highest BCUT2D eigenvalue weighted by Gasteiger charge is 2.29. The zero-order valence-electron chi connectivity index (χ0n) is 18.7. The number of amides is 1. The Morgan fingerprint density at radius 3 is 2.55 bits per heavy atom. The largest absolute Gasteiger partial charge is 0.493 e. The van der Waals surface area contributed by atoms with Crippen molar-refractivity contribution < 1.29 is 14.3 Å². The molecular weight excluding hydrogens is 456 g/mol. The fourth-order valence-electron chi connectivity index (χ4n) is 4.49. The van der Waals surface area contributed by atoms with E-state index in [1.54, 1.807) is 18.4 Å². The van der Waals surface area contributed by atoms with Crippen molar-refractivity contribution in [2.75, 3.05) is 44.8 Å². The second kappa shape index (κ2) is 9.75. The van der Waals surface area contributed by atoms with Crippen LogP contribution in [0.15, 0.2) is 48.5 Å². The lowest BCUT2D eigenvalue weighted by Crippen LogP contribution is -2.36. The van der Waals surface area contributed by atoms with Gasteiger partial charge in [0, 0.05) is 34.7 Å². The third kappa shape index (κ3) is 4.74. The van der Waals surface area contributed by atoms with Crippen molar-refractivity contribution in [3.05, 3.63) is 64.0 Å². The summed E-state index contributed by atoms with van der Waals surface area (Å²) in [6.07, 6.45) is 3.37. The first-order valence-corrected chi connectivity index (χ1v) is 12.6. The van der Waals surface area contributed by atoms with Gasteiger partial charge < -0.3 is 14.4 Å². The Labute approximate surface area is 203 Å². The van der Waals surface area contributed by atoms with Gasteiger partial charge in [-0.1, -0.05) is 23.7 Å². The molecule has 5 nitrogen and oxygen atoms in total. The summed E-state index contributed by atoms with van der Waals surface area (Å²) in [5.41, 5.74) is 3.02. The number of likely N-dealkylation sites (tertiary alicyclic amines) is 1. The molecule has 0 saturated carbocycles. The van der Waals surface area contributed by atoms with Crippen molar-refractivity contribution >= 4 is 34.5 Å². The van der Waals surface area contributed by atoms with Gasteiger partial charge in [0.15, 0.2) is 11.5 Å². The molecule has 1 aromatic heterocycles. The SMILES string of the molecule is COc1cc(N2CCc3cc(-c4ccc(Cl)cc4)sc3C2=O)ccc1OCCN1CCCC1. The van der Waals surface area contributed by atoms with Gasteiger partial charge in [0.25, 0.3) is 5.91 Å². The number of carbonyl (C=O) groups excluding carboxylic acids is 1. The molecule has 0 bridgehead atoms. The number of hydrogen-bond donors (Lipinski definition) is 0. The maximum atomic E-state index is 13.4. The smallest absolute Gasteiger partial charge is 0.268 e. The second-order valence-corrected chi connectivity index (χ2v) is 9.90. The second-order valence-electron chi connectivity index (χ2n) is 8.41. The van der Waals surface area contributed by atoms with Crippen molar-refractivity contribution in [2.45, 2.75) is 19.3 Å². The van der Waals surface area contributed by atoms with E-state index < -0.39 is 0 Å². The van der Waals surface area contributed by atoms with Gasteiger partial charge >= 0.3 is 0 Å². The Hall–Kier alpha value is -2.54. The van der Waals surface area contributed by atoms with Crippen LogP contribution in [-0.4, -0.2) is 50.7 Å². The molecule has 0 N–H and O–H groups in total. The zero-order valence-corrected chi connectivity index (χ0v) is 20.3. The Kier molecular flexibility index (Phi) is 6.58. The molecule has 0 spiro atoms. The summed E-state index contributed by atoms with van der Waals surface area (Å²) in [7, 11) is 1.64. The molecule has 1 saturated heterocycles. The lowest BCUT2D eigenvalue weighted by atomic mass is 10.1. The number of fused-ring (bicyclic) bond motifs is 1. The molecule has 0 unspecified atom stereocenters. The van der Waals surface area contributed by atoms with E-state index in [9.17, 15) is 4.79 Å². The number of ether oxygens (including phenoxy) is 2. The molecule has 2 aliphatic heterocycles. The van der Waals surface area contributed by atoms with Crippen molar-refractivity contribution in [3.8, 4) is 21.9 Å². The third-order valence-electron chi connectivity index (χ3n) is 6.30. The van der Waals surface area contributed by atoms with E-state index in [-0.39, 0.29) is 5.91 Å². The summed E-state index contributed by atoms with van der Waals surface area (Å²) in [5, 5.41) is 0.708. The van der Waals surface area contributed by atoms with Gasteiger partial charge in [-0.15, -0.1) is 11.3 Å². The number of carbonyl (C=O) groups is 1. The maximum Gasteiger partial charge on any atom is 0.268 e. The van der Waals surface area contributed by atoms with E-state index in [0.29, 0.717) is 29.7 Å². The van der Waals surface area contributed by atoms with Crippen molar-refractivity contribution in [1.29, 1.82) is 0 Å². The average molecular weight is 483 g/mol. The fourth-order valence-corrected chi connectivity index (χ4v) is 5.78. The van der Waals surface area contributed by atoms with E-state index in [0.717, 1.165) is 52.6 Å². The van der Waals surface area contributed by atoms with Crippen LogP contribution in [0.3, 0.4) is 0 Å². The third-order valence-corrected chi connectivity index (χ3v) is 7.77. The molecule has 1 fully saturated rings. The van der Waals surface area contributed by atoms with Gasteiger partial charge in [0.05, 0.1) is 12.0 Å². The fraction of sp³-hybridized carbons (Fsp3) is 0.346. The van der Waals surface area contributed by atoms with Crippen LogP contribution < -0.4 is 14.4 Å². The number of benzene rings is 2. The Bertz CT molecular complexity index is 1140. The van der Waals surface area contributed by atoms with Gasteiger partial charge in [-0.2, -0.15) is 0 Å². The maximum absolute atomic E-state index is 13.4. The van der Waals surface area contributed by atoms with Crippen LogP contribution in [0, 0.1) is 0 Å². The molecule has 3 heterocycles. The highest BCUT2D eigenvalue weighted by atomic mass is 35.5. The van der Waals surface area contributed by atoms with Crippen LogP contribution in [0.25, 0.3) is 10.4 Å². The summed E-state index contributed by atoms with van der Waals surface area (Å²) in [6, 6.07) is 15.6. The highest BCUT2D eigenvalue weighted by Crippen LogP contribution is 2.38. The van der Waals surface area contributed by atoms with Crippen LogP contribution in [0.4, 0.5) is 5.69 Å². The standard InChI is InChI=1S/C26H27ClN2O3S/c1-31-23-17-21(8-9-22(23)32-15-14-28-11-2-3-12-28)29-13-10-19-16-24(33-25(19)26(29)30)18-4-6-20(27)7-5-18/h4-9,16-17H,2-3,10-15H2,1H3. The lowest BCUT2D eigenvalue weighted by molar-refractivity contribution is 0.0985. The summed E-state index contributed by atoms with van der Waals surface area (Å²) in [6.45, 7) is 4.50. The lowest BCUT2D eigenvalue weighted by Gasteiger charge is -2.27. The molecule has 172 valence electrons. The number of rotatable bonds is 7. The number of nitrogens with zero attached hydrogens (tertiary/aromatic N) is 2. The quantitative estimate of drug-likeness (QED) is 0.429. The Morgan fingerprint density at radius 2 is 1.79 bits per heavy atom. The molecule has 33 heavy (non-hydrogen) atoms. The van der Waals surface area contributed by atoms with E-state index in [1.165, 1.54) is 12.8 Å². The Balaban J connectivity index is 1.31.